The molecule has 0 aromatic heterocycles. The second-order valence-electron chi connectivity index (χ2n) is 10.6. The summed E-state index contributed by atoms with van der Waals surface area (Å²) in [4.78, 5) is 28.9. The molecule has 1 saturated heterocycles. The lowest BCUT2D eigenvalue weighted by atomic mass is 9.81. The number of carbonyl (C=O) groups excluding carboxylic acids is 2. The normalized spacial score (nSPS) is 18.7. The van der Waals surface area contributed by atoms with Gasteiger partial charge in [0.05, 0.1) is 0 Å². The van der Waals surface area contributed by atoms with E-state index in [9.17, 15) is 9.59 Å². The van der Waals surface area contributed by atoms with Crippen LogP contribution in [0, 0.1) is 0 Å². The average molecular weight is 516 g/mol. The van der Waals surface area contributed by atoms with Crippen molar-refractivity contribution in [3.8, 4) is 11.1 Å². The van der Waals surface area contributed by atoms with Crippen molar-refractivity contribution in [2.45, 2.75) is 37.6 Å². The summed E-state index contributed by atoms with van der Waals surface area (Å²) >= 11 is 0. The molecule has 4 aromatic rings. The molecule has 2 N–H and O–H groups in total. The number of benzene rings is 4. The maximum absolute atomic E-state index is 13.8. The van der Waals surface area contributed by atoms with Gasteiger partial charge in [-0.25, -0.2) is 0 Å². The highest BCUT2D eigenvalue weighted by Gasteiger charge is 2.37. The molecular formula is C34H33N3O2. The van der Waals surface area contributed by atoms with E-state index < -0.39 is 0 Å². The number of hydrogen-bond donors (Lipinski definition) is 2. The minimum absolute atomic E-state index is 0.0115. The van der Waals surface area contributed by atoms with Crippen LogP contribution in [0.5, 0.6) is 0 Å². The van der Waals surface area contributed by atoms with Gasteiger partial charge in [-0.15, -0.1) is 0 Å². The van der Waals surface area contributed by atoms with Crippen LogP contribution in [-0.2, 0) is 6.42 Å². The summed E-state index contributed by atoms with van der Waals surface area (Å²) < 4.78 is 0. The van der Waals surface area contributed by atoms with Crippen LogP contribution < -0.4 is 15.5 Å². The van der Waals surface area contributed by atoms with E-state index in [4.69, 9.17) is 0 Å². The summed E-state index contributed by atoms with van der Waals surface area (Å²) in [6.45, 7) is 1.72. The number of fused-ring (bicyclic) bond motifs is 1. The molecule has 0 bridgehead atoms. The molecule has 2 aliphatic heterocycles. The Morgan fingerprint density at radius 3 is 2.31 bits per heavy atom. The Bertz CT molecular complexity index is 1470. The molecule has 0 radical (unpaired) electrons. The number of para-hydroxylation sites is 1. The Kier molecular flexibility index (Phi) is 6.99. The summed E-state index contributed by atoms with van der Waals surface area (Å²) in [7, 11) is 0. The largest absolute Gasteiger partial charge is 0.322 e. The van der Waals surface area contributed by atoms with E-state index >= 15 is 0 Å². The van der Waals surface area contributed by atoms with Crippen molar-refractivity contribution in [2.75, 3.05) is 23.3 Å². The Hall–Kier alpha value is -4.22. The third-order valence-electron chi connectivity index (χ3n) is 8.10. The zero-order chi connectivity index (χ0) is 26.7. The molecule has 6 rings (SSSR count). The van der Waals surface area contributed by atoms with Crippen LogP contribution in [0.1, 0.15) is 52.0 Å². The average Bonchev–Trinajstić information content (AvgIpc) is 3.14. The molecule has 196 valence electrons. The van der Waals surface area contributed by atoms with Gasteiger partial charge in [-0.2, -0.15) is 0 Å². The van der Waals surface area contributed by atoms with Crippen LogP contribution in [0.4, 0.5) is 11.4 Å². The van der Waals surface area contributed by atoms with Gasteiger partial charge >= 0.3 is 0 Å². The first-order valence-electron chi connectivity index (χ1n) is 13.8. The summed E-state index contributed by atoms with van der Waals surface area (Å²) in [5, 5.41) is 6.80. The lowest BCUT2D eigenvalue weighted by Gasteiger charge is -2.38. The second kappa shape index (κ2) is 10.9. The molecule has 2 heterocycles. The molecule has 5 heteroatoms. The van der Waals surface area contributed by atoms with E-state index in [0.29, 0.717) is 23.4 Å². The molecule has 1 fully saturated rings. The molecule has 1 atom stereocenters. The number of anilines is 2. The van der Waals surface area contributed by atoms with Crippen LogP contribution >= 0.6 is 0 Å². The SMILES string of the molecule is O=C(Nc1ccc(C(=O)N2CCC3(CCCCN3)Cc3ccccc32)cc1)c1ccccc1-c1ccccc1. The van der Waals surface area contributed by atoms with Crippen molar-refractivity contribution < 1.29 is 9.59 Å². The van der Waals surface area contributed by atoms with Gasteiger partial charge in [0.15, 0.2) is 0 Å². The van der Waals surface area contributed by atoms with E-state index in [1.165, 1.54) is 18.4 Å². The van der Waals surface area contributed by atoms with E-state index in [2.05, 4.69) is 28.8 Å². The number of carbonyl (C=O) groups is 2. The monoisotopic (exact) mass is 515 g/mol. The Labute approximate surface area is 229 Å². The van der Waals surface area contributed by atoms with Gasteiger partial charge in [-0.3, -0.25) is 9.59 Å². The maximum Gasteiger partial charge on any atom is 0.258 e. The number of amides is 2. The van der Waals surface area contributed by atoms with Gasteiger partial charge < -0.3 is 15.5 Å². The van der Waals surface area contributed by atoms with Crippen molar-refractivity contribution in [1.29, 1.82) is 0 Å². The zero-order valence-corrected chi connectivity index (χ0v) is 22.0. The smallest absolute Gasteiger partial charge is 0.258 e. The zero-order valence-electron chi connectivity index (χ0n) is 22.0. The van der Waals surface area contributed by atoms with Crippen molar-refractivity contribution >= 4 is 23.2 Å². The molecule has 0 aliphatic carbocycles. The fourth-order valence-electron chi connectivity index (χ4n) is 6.03. The van der Waals surface area contributed by atoms with E-state index in [1.54, 1.807) is 0 Å². The van der Waals surface area contributed by atoms with E-state index in [-0.39, 0.29) is 17.4 Å². The van der Waals surface area contributed by atoms with Gasteiger partial charge in [0.1, 0.15) is 0 Å². The maximum atomic E-state index is 13.8. The highest BCUT2D eigenvalue weighted by Crippen LogP contribution is 2.36. The summed E-state index contributed by atoms with van der Waals surface area (Å²) in [6.07, 6.45) is 5.47. The molecular weight excluding hydrogens is 482 g/mol. The topological polar surface area (TPSA) is 61.4 Å². The van der Waals surface area contributed by atoms with Gasteiger partial charge in [0.25, 0.3) is 11.8 Å². The van der Waals surface area contributed by atoms with Crippen LogP contribution in [0.3, 0.4) is 0 Å². The van der Waals surface area contributed by atoms with Crippen molar-refractivity contribution in [3.05, 3.63) is 120 Å². The van der Waals surface area contributed by atoms with E-state index in [1.807, 2.05) is 89.8 Å². The standard InChI is InChI=1S/C34H33N3O2/c38-32(30-14-6-5-13-29(30)25-10-2-1-3-11-25)36-28-18-16-26(17-19-28)33(39)37-23-21-34(20-8-9-22-35-34)24-27-12-4-7-15-31(27)37/h1-7,10-19,35H,8-9,20-24H2,(H,36,38). The predicted octanol–water partition coefficient (Wildman–Crippen LogP) is 6.71. The highest BCUT2D eigenvalue weighted by molar-refractivity contribution is 6.09. The number of nitrogens with one attached hydrogen (secondary N) is 2. The number of hydrogen-bond acceptors (Lipinski definition) is 3. The molecule has 4 aromatic carbocycles. The fraction of sp³-hybridized carbons (Fsp3) is 0.235. The summed E-state index contributed by atoms with van der Waals surface area (Å²) in [5.74, 6) is -0.192. The number of nitrogens with zero attached hydrogens (tertiary/aromatic N) is 1. The van der Waals surface area contributed by atoms with Gasteiger partial charge in [0, 0.05) is 34.6 Å². The first-order chi connectivity index (χ1) is 19.1. The van der Waals surface area contributed by atoms with Crippen molar-refractivity contribution in [1.82, 2.24) is 5.32 Å². The fourth-order valence-corrected chi connectivity index (χ4v) is 6.03. The summed E-state index contributed by atoms with van der Waals surface area (Å²) in [6, 6.07) is 33.0. The Balaban J connectivity index is 1.20. The molecule has 39 heavy (non-hydrogen) atoms. The Morgan fingerprint density at radius 1 is 0.769 bits per heavy atom. The molecule has 1 spiro atoms. The minimum Gasteiger partial charge on any atom is -0.322 e. The lowest BCUT2D eigenvalue weighted by molar-refractivity contribution is 0.0983. The van der Waals surface area contributed by atoms with Crippen LogP contribution in [0.2, 0.25) is 0 Å². The van der Waals surface area contributed by atoms with Crippen LogP contribution in [0.25, 0.3) is 11.1 Å². The summed E-state index contributed by atoms with van der Waals surface area (Å²) in [5.41, 5.74) is 6.03. The molecule has 5 nitrogen and oxygen atoms in total. The van der Waals surface area contributed by atoms with Crippen LogP contribution in [-0.4, -0.2) is 30.4 Å². The molecule has 0 saturated carbocycles. The molecule has 1 unspecified atom stereocenters. The minimum atomic E-state index is -0.180. The van der Waals surface area contributed by atoms with Crippen molar-refractivity contribution in [3.63, 3.8) is 0 Å². The number of piperidine rings is 1. The van der Waals surface area contributed by atoms with E-state index in [0.717, 1.165) is 42.6 Å². The highest BCUT2D eigenvalue weighted by atomic mass is 16.2. The second-order valence-corrected chi connectivity index (χ2v) is 10.6. The molecule has 2 amide bonds. The van der Waals surface area contributed by atoms with Crippen molar-refractivity contribution in [2.24, 2.45) is 0 Å². The molecule has 2 aliphatic rings. The third kappa shape index (κ3) is 5.23. The van der Waals surface area contributed by atoms with Gasteiger partial charge in [-0.05, 0) is 85.3 Å². The van der Waals surface area contributed by atoms with Gasteiger partial charge in [-0.1, -0.05) is 73.2 Å². The predicted molar refractivity (Wildman–Crippen MR) is 157 cm³/mol. The third-order valence-corrected chi connectivity index (χ3v) is 8.10. The number of rotatable bonds is 4. The first kappa shape index (κ1) is 25.1. The van der Waals surface area contributed by atoms with Crippen LogP contribution in [0.15, 0.2) is 103 Å². The van der Waals surface area contributed by atoms with Gasteiger partial charge in [0.2, 0.25) is 0 Å². The first-order valence-corrected chi connectivity index (χ1v) is 13.8. The Morgan fingerprint density at radius 2 is 1.51 bits per heavy atom. The lowest BCUT2D eigenvalue weighted by Crippen LogP contribution is -2.51. The quantitative estimate of drug-likeness (QED) is 0.318.